The van der Waals surface area contributed by atoms with Gasteiger partial charge < -0.3 is 4.79 Å². The molecule has 0 aromatic carbocycles. The number of carbonyl (C=O) groups is 1. The molecule has 0 radical (unpaired) electrons. The third kappa shape index (κ3) is 24.8. The number of allylic oxidation sites excluding steroid dienone is 8. The third-order valence-electron chi connectivity index (χ3n) is 5.77. The van der Waals surface area contributed by atoms with Crippen molar-refractivity contribution in [1.82, 2.24) is 0 Å². The summed E-state index contributed by atoms with van der Waals surface area (Å²) in [5.41, 5.74) is 0. The van der Waals surface area contributed by atoms with Gasteiger partial charge in [0.25, 0.3) is 0 Å². The van der Waals surface area contributed by atoms with Crippen molar-refractivity contribution in [2.45, 2.75) is 129 Å². The Morgan fingerprint density at radius 1 is 0.516 bits per heavy atom. The Morgan fingerprint density at radius 3 is 1.74 bits per heavy atom. The van der Waals surface area contributed by atoms with Gasteiger partial charge in [-0.3, -0.25) is 0 Å². The predicted octanol–water partition coefficient (Wildman–Crippen LogP) is 10.1. The molecule has 1 heteroatoms. The third-order valence-corrected chi connectivity index (χ3v) is 5.77. The smallest absolute Gasteiger partial charge is 0.123 e. The fraction of sp³-hybridized carbons (Fsp3) is 0.700. The van der Waals surface area contributed by atoms with Crippen LogP contribution in [-0.2, 0) is 4.79 Å². The SMILES string of the molecule is CC/C=C/C=C/CCCCCCCCC(C=O)CC/C=C/CC/C=C\CCCCCC. The maximum absolute atomic E-state index is 11.3. The molecule has 1 atom stereocenters. The molecule has 0 saturated heterocycles. The van der Waals surface area contributed by atoms with Crippen molar-refractivity contribution in [1.29, 1.82) is 0 Å². The molecule has 178 valence electrons. The van der Waals surface area contributed by atoms with Crippen molar-refractivity contribution in [2.24, 2.45) is 5.92 Å². The molecule has 0 amide bonds. The van der Waals surface area contributed by atoms with E-state index in [2.05, 4.69) is 62.5 Å². The van der Waals surface area contributed by atoms with Gasteiger partial charge in [-0.2, -0.15) is 0 Å². The van der Waals surface area contributed by atoms with Gasteiger partial charge in [-0.15, -0.1) is 0 Å². The Labute approximate surface area is 195 Å². The molecular formula is C30H52O. The molecule has 0 aliphatic heterocycles. The van der Waals surface area contributed by atoms with Crippen LogP contribution in [0.4, 0.5) is 0 Å². The summed E-state index contributed by atoms with van der Waals surface area (Å²) in [6.45, 7) is 4.42. The maximum Gasteiger partial charge on any atom is 0.123 e. The van der Waals surface area contributed by atoms with Crippen LogP contribution < -0.4 is 0 Å². The minimum Gasteiger partial charge on any atom is -0.303 e. The molecule has 0 aliphatic carbocycles. The van der Waals surface area contributed by atoms with E-state index in [1.165, 1.54) is 83.3 Å². The zero-order valence-corrected chi connectivity index (χ0v) is 20.9. The second kappa shape index (κ2) is 26.7. The molecule has 0 aromatic heterocycles. The minimum absolute atomic E-state index is 0.258. The number of hydrogen-bond acceptors (Lipinski definition) is 1. The van der Waals surface area contributed by atoms with Crippen LogP contribution >= 0.6 is 0 Å². The lowest BCUT2D eigenvalue weighted by Gasteiger charge is -2.08. The Morgan fingerprint density at radius 2 is 1.06 bits per heavy atom. The fourth-order valence-corrected chi connectivity index (χ4v) is 3.71. The summed E-state index contributed by atoms with van der Waals surface area (Å²) in [7, 11) is 0. The van der Waals surface area contributed by atoms with E-state index in [-0.39, 0.29) is 5.92 Å². The molecule has 1 unspecified atom stereocenters. The van der Waals surface area contributed by atoms with Crippen molar-refractivity contribution >= 4 is 6.29 Å². The summed E-state index contributed by atoms with van der Waals surface area (Å²) >= 11 is 0. The average molecular weight is 429 g/mol. The van der Waals surface area contributed by atoms with Crippen LogP contribution in [0.3, 0.4) is 0 Å². The van der Waals surface area contributed by atoms with Crippen molar-refractivity contribution in [3.05, 3.63) is 48.6 Å². The lowest BCUT2D eigenvalue weighted by atomic mass is 9.96. The maximum atomic E-state index is 11.3. The Kier molecular flexibility index (Phi) is 25.5. The van der Waals surface area contributed by atoms with Crippen LogP contribution in [0.15, 0.2) is 48.6 Å². The summed E-state index contributed by atoms with van der Waals surface area (Å²) < 4.78 is 0. The molecule has 1 nitrogen and oxygen atoms in total. The van der Waals surface area contributed by atoms with E-state index in [1.807, 2.05) is 0 Å². The van der Waals surface area contributed by atoms with Gasteiger partial charge in [0.1, 0.15) is 6.29 Å². The summed E-state index contributed by atoms with van der Waals surface area (Å²) in [5.74, 6) is 0.258. The molecule has 0 bridgehead atoms. The van der Waals surface area contributed by atoms with Gasteiger partial charge in [0.15, 0.2) is 0 Å². The second-order valence-electron chi connectivity index (χ2n) is 8.81. The van der Waals surface area contributed by atoms with E-state index in [0.717, 1.165) is 38.5 Å². The molecular weight excluding hydrogens is 376 g/mol. The molecule has 0 aromatic rings. The van der Waals surface area contributed by atoms with Crippen LogP contribution in [0, 0.1) is 5.92 Å². The minimum atomic E-state index is 0.258. The normalized spacial score (nSPS) is 13.4. The quantitative estimate of drug-likeness (QED) is 0.0684. The van der Waals surface area contributed by atoms with Gasteiger partial charge in [0.05, 0.1) is 0 Å². The zero-order chi connectivity index (χ0) is 22.7. The molecule has 0 heterocycles. The molecule has 0 fully saturated rings. The number of aldehydes is 1. The van der Waals surface area contributed by atoms with Crippen LogP contribution in [0.5, 0.6) is 0 Å². The summed E-state index contributed by atoms with van der Waals surface area (Å²) in [5, 5.41) is 0. The van der Waals surface area contributed by atoms with Crippen LogP contribution in [0.25, 0.3) is 0 Å². The van der Waals surface area contributed by atoms with Crippen molar-refractivity contribution in [3.8, 4) is 0 Å². The van der Waals surface area contributed by atoms with Crippen molar-refractivity contribution < 1.29 is 4.79 Å². The number of carbonyl (C=O) groups excluding carboxylic acids is 1. The first-order valence-electron chi connectivity index (χ1n) is 13.4. The Bertz CT molecular complexity index is 469. The average Bonchev–Trinajstić information content (AvgIpc) is 2.79. The lowest BCUT2D eigenvalue weighted by Crippen LogP contribution is -2.01. The van der Waals surface area contributed by atoms with Crippen LogP contribution in [0.1, 0.15) is 129 Å². The van der Waals surface area contributed by atoms with E-state index in [4.69, 9.17) is 0 Å². The topological polar surface area (TPSA) is 17.1 Å². The van der Waals surface area contributed by atoms with E-state index in [1.54, 1.807) is 0 Å². The molecule has 31 heavy (non-hydrogen) atoms. The van der Waals surface area contributed by atoms with E-state index < -0.39 is 0 Å². The molecule has 0 rings (SSSR count). The number of hydrogen-bond donors (Lipinski definition) is 0. The van der Waals surface area contributed by atoms with Crippen molar-refractivity contribution in [3.63, 3.8) is 0 Å². The predicted molar refractivity (Wildman–Crippen MR) is 141 cm³/mol. The Hall–Kier alpha value is -1.37. The Balaban J connectivity index is 3.50. The highest BCUT2D eigenvalue weighted by Crippen LogP contribution is 2.16. The molecule has 0 spiro atoms. The molecule has 0 aliphatic rings. The highest BCUT2D eigenvalue weighted by molar-refractivity contribution is 5.53. The van der Waals surface area contributed by atoms with Crippen molar-refractivity contribution in [2.75, 3.05) is 0 Å². The van der Waals surface area contributed by atoms with E-state index in [9.17, 15) is 4.79 Å². The van der Waals surface area contributed by atoms with Gasteiger partial charge in [0.2, 0.25) is 0 Å². The number of rotatable bonds is 23. The largest absolute Gasteiger partial charge is 0.303 e. The molecule has 0 saturated carbocycles. The van der Waals surface area contributed by atoms with Gasteiger partial charge >= 0.3 is 0 Å². The summed E-state index contributed by atoms with van der Waals surface area (Å²) in [6.07, 6.45) is 41.3. The first-order chi connectivity index (χ1) is 15.3. The monoisotopic (exact) mass is 428 g/mol. The van der Waals surface area contributed by atoms with Gasteiger partial charge in [0, 0.05) is 5.92 Å². The lowest BCUT2D eigenvalue weighted by molar-refractivity contribution is -0.111. The van der Waals surface area contributed by atoms with Crippen LogP contribution in [-0.4, -0.2) is 6.29 Å². The second-order valence-corrected chi connectivity index (χ2v) is 8.81. The first-order valence-corrected chi connectivity index (χ1v) is 13.4. The number of unbranched alkanes of at least 4 members (excludes halogenated alkanes) is 11. The fourth-order valence-electron chi connectivity index (χ4n) is 3.71. The van der Waals surface area contributed by atoms with Gasteiger partial charge in [-0.05, 0) is 64.2 Å². The zero-order valence-electron chi connectivity index (χ0n) is 20.9. The summed E-state index contributed by atoms with van der Waals surface area (Å²) in [6, 6.07) is 0. The van der Waals surface area contributed by atoms with Gasteiger partial charge in [-0.25, -0.2) is 0 Å². The molecule has 0 N–H and O–H groups in total. The first kappa shape index (κ1) is 29.6. The van der Waals surface area contributed by atoms with Gasteiger partial charge in [-0.1, -0.05) is 114 Å². The van der Waals surface area contributed by atoms with E-state index in [0.29, 0.717) is 0 Å². The summed E-state index contributed by atoms with van der Waals surface area (Å²) in [4.78, 5) is 11.3. The standard InChI is InChI=1S/C30H52O/c1-3-5-7-9-11-13-15-17-19-21-23-25-27-30(29-31)28-26-24-22-20-18-16-14-12-10-8-6-4-2/h5,7,9,11,14,16,22,24,29-30H,3-4,6,8,10,12-13,15,17-21,23,25-28H2,1-2H3/b7-5+,11-9+,16-14-,24-22+. The van der Waals surface area contributed by atoms with Crippen LogP contribution in [0.2, 0.25) is 0 Å². The highest BCUT2D eigenvalue weighted by Gasteiger charge is 2.05. The van der Waals surface area contributed by atoms with E-state index >= 15 is 0 Å². The highest BCUT2D eigenvalue weighted by atomic mass is 16.1.